The van der Waals surface area contributed by atoms with Gasteiger partial charge in [0.15, 0.2) is 0 Å². The summed E-state index contributed by atoms with van der Waals surface area (Å²) in [5.74, 6) is 0. The molecule has 44 valence electrons. The Labute approximate surface area is 89.6 Å². The first-order chi connectivity index (χ1) is 1.41. The van der Waals surface area contributed by atoms with Gasteiger partial charge in [0, 0.05) is 0 Å². The number of hydrogen-bond acceptors (Lipinski definition) is 1. The fraction of sp³-hybridized carbons (Fsp3) is 1.00. The standard InChI is InChI=1S/C2H5O.Ba.ClH.2H2O/c1-2-3;;;;/h2H2,1H3;;1H;2*1H2/q-1;+2;;;/p-1. The van der Waals surface area contributed by atoms with Crippen molar-refractivity contribution in [3.8, 4) is 0 Å². The van der Waals surface area contributed by atoms with Gasteiger partial charge in [0.1, 0.15) is 0 Å². The summed E-state index contributed by atoms with van der Waals surface area (Å²) in [6.07, 6.45) is 0. The zero-order valence-electron chi connectivity index (χ0n) is 4.20. The maximum atomic E-state index is 8.93. The molecule has 0 rings (SSSR count). The van der Waals surface area contributed by atoms with Crippen molar-refractivity contribution < 1.29 is 28.5 Å². The summed E-state index contributed by atoms with van der Waals surface area (Å²) in [6, 6.07) is 0. The minimum Gasteiger partial charge on any atom is -1.00 e. The van der Waals surface area contributed by atoms with Gasteiger partial charge in [-0.3, -0.25) is 0 Å². The van der Waals surface area contributed by atoms with Crippen LogP contribution in [0.3, 0.4) is 0 Å². The molecule has 0 aromatic rings. The Bertz CT molecular complexity index is 12.9. The molecule has 0 bridgehead atoms. The maximum Gasteiger partial charge on any atom is 2.00 e. The minimum absolute atomic E-state index is 0. The van der Waals surface area contributed by atoms with E-state index in [1.54, 1.807) is 6.92 Å². The summed E-state index contributed by atoms with van der Waals surface area (Å²) in [7, 11) is 0. The second-order valence-electron chi connectivity index (χ2n) is 0.289. The third-order valence-electron chi connectivity index (χ3n) is 0. The molecule has 0 atom stereocenters. The van der Waals surface area contributed by atoms with Crippen molar-refractivity contribution in [3.63, 3.8) is 0 Å². The number of halogens is 1. The van der Waals surface area contributed by atoms with Crippen molar-refractivity contribution in [3.05, 3.63) is 0 Å². The summed E-state index contributed by atoms with van der Waals surface area (Å²) in [5.41, 5.74) is 0. The molecular formula is C2H9BaClO3. The van der Waals surface area contributed by atoms with E-state index in [1.807, 2.05) is 0 Å². The third kappa shape index (κ3) is 84.1. The molecule has 5 heteroatoms. The average molecular weight is 254 g/mol. The second kappa shape index (κ2) is 46.8. The summed E-state index contributed by atoms with van der Waals surface area (Å²) < 4.78 is 0. The average Bonchev–Trinajstić information content (AvgIpc) is 0.918. The molecule has 0 spiro atoms. The molecule has 0 radical (unpaired) electrons. The van der Waals surface area contributed by atoms with E-state index in [0.717, 1.165) is 0 Å². The Morgan fingerprint density at radius 3 is 1.29 bits per heavy atom. The van der Waals surface area contributed by atoms with Gasteiger partial charge in [-0.2, -0.15) is 0 Å². The van der Waals surface area contributed by atoms with Gasteiger partial charge in [0.25, 0.3) is 0 Å². The van der Waals surface area contributed by atoms with Gasteiger partial charge in [-0.15, -0.1) is 6.61 Å². The van der Waals surface area contributed by atoms with E-state index in [1.165, 1.54) is 0 Å². The Hall–Kier alpha value is 1.74. The smallest absolute Gasteiger partial charge is 1.00 e. The molecule has 0 heterocycles. The SMILES string of the molecule is CC[O-].O.O.[Ba+2].[Cl-]. The fourth-order valence-electron chi connectivity index (χ4n) is 0. The molecule has 4 N–H and O–H groups in total. The van der Waals surface area contributed by atoms with Gasteiger partial charge >= 0.3 is 48.9 Å². The molecule has 0 amide bonds. The van der Waals surface area contributed by atoms with Gasteiger partial charge in [-0.05, 0) is 0 Å². The molecule has 0 saturated carbocycles. The van der Waals surface area contributed by atoms with E-state index < -0.39 is 0 Å². The Balaban J connectivity index is -0.00000000333. The van der Waals surface area contributed by atoms with Crippen LogP contribution < -0.4 is 17.5 Å². The van der Waals surface area contributed by atoms with Crippen molar-refractivity contribution in [2.75, 3.05) is 6.61 Å². The van der Waals surface area contributed by atoms with Crippen molar-refractivity contribution in [1.82, 2.24) is 0 Å². The van der Waals surface area contributed by atoms with Gasteiger partial charge in [0.2, 0.25) is 0 Å². The van der Waals surface area contributed by atoms with E-state index in [4.69, 9.17) is 5.11 Å². The number of rotatable bonds is 0. The molecular weight excluding hydrogens is 245 g/mol. The molecule has 7 heavy (non-hydrogen) atoms. The molecule has 0 aliphatic rings. The molecule has 0 saturated heterocycles. The maximum absolute atomic E-state index is 8.93. The zero-order chi connectivity index (χ0) is 2.71. The van der Waals surface area contributed by atoms with E-state index in [0.29, 0.717) is 0 Å². The van der Waals surface area contributed by atoms with Gasteiger partial charge in [-0.25, -0.2) is 0 Å². The van der Waals surface area contributed by atoms with Gasteiger partial charge < -0.3 is 28.5 Å². The monoisotopic (exact) mass is 254 g/mol. The largest absolute Gasteiger partial charge is 2.00 e. The quantitative estimate of drug-likeness (QED) is 0.396. The Morgan fingerprint density at radius 2 is 1.29 bits per heavy atom. The van der Waals surface area contributed by atoms with Crippen LogP contribution in [-0.2, 0) is 0 Å². The topological polar surface area (TPSA) is 86.1 Å². The van der Waals surface area contributed by atoms with Crippen LogP contribution in [0.2, 0.25) is 0 Å². The van der Waals surface area contributed by atoms with Gasteiger partial charge in [0.05, 0.1) is 0 Å². The Morgan fingerprint density at radius 1 is 1.29 bits per heavy atom. The predicted octanol–water partition coefficient (Wildman–Crippen LogP) is -5.66. The van der Waals surface area contributed by atoms with Crippen LogP contribution in [0.5, 0.6) is 0 Å². The molecule has 0 aliphatic carbocycles. The van der Waals surface area contributed by atoms with Gasteiger partial charge in [-0.1, -0.05) is 6.92 Å². The van der Waals surface area contributed by atoms with Crippen molar-refractivity contribution in [2.24, 2.45) is 0 Å². The zero-order valence-corrected chi connectivity index (χ0v) is 9.40. The fourth-order valence-corrected chi connectivity index (χ4v) is 0. The molecule has 0 fully saturated rings. The minimum atomic E-state index is 0. The van der Waals surface area contributed by atoms with E-state index in [-0.39, 0.29) is 78.8 Å². The molecule has 0 aromatic heterocycles. The third-order valence-corrected chi connectivity index (χ3v) is 0. The summed E-state index contributed by atoms with van der Waals surface area (Å²) in [4.78, 5) is 0. The second-order valence-corrected chi connectivity index (χ2v) is 0.289. The van der Waals surface area contributed by atoms with Crippen molar-refractivity contribution in [1.29, 1.82) is 0 Å². The molecule has 0 unspecified atom stereocenters. The van der Waals surface area contributed by atoms with Crippen LogP contribution in [-0.4, -0.2) is 66.4 Å². The van der Waals surface area contributed by atoms with Crippen LogP contribution in [0.4, 0.5) is 0 Å². The van der Waals surface area contributed by atoms with Crippen molar-refractivity contribution >= 4 is 48.9 Å². The summed E-state index contributed by atoms with van der Waals surface area (Å²) in [5, 5.41) is 8.93. The molecule has 0 aromatic carbocycles. The number of hydrogen-bond donors (Lipinski definition) is 0. The van der Waals surface area contributed by atoms with Crippen LogP contribution in [0.1, 0.15) is 6.92 Å². The summed E-state index contributed by atoms with van der Waals surface area (Å²) in [6.45, 7) is 1.57. The first-order valence-corrected chi connectivity index (χ1v) is 0.996. The molecule has 0 aliphatic heterocycles. The normalized spacial score (nSPS) is 2.57. The van der Waals surface area contributed by atoms with Crippen LogP contribution in [0.15, 0.2) is 0 Å². The first-order valence-electron chi connectivity index (χ1n) is 0.996. The molecule has 3 nitrogen and oxygen atoms in total. The predicted molar refractivity (Wildman–Crippen MR) is 23.5 cm³/mol. The van der Waals surface area contributed by atoms with Crippen LogP contribution in [0.25, 0.3) is 0 Å². The van der Waals surface area contributed by atoms with E-state index in [2.05, 4.69) is 0 Å². The van der Waals surface area contributed by atoms with Crippen LogP contribution >= 0.6 is 0 Å². The van der Waals surface area contributed by atoms with E-state index >= 15 is 0 Å². The van der Waals surface area contributed by atoms with Crippen LogP contribution in [0, 0.1) is 0 Å². The van der Waals surface area contributed by atoms with Crippen molar-refractivity contribution in [2.45, 2.75) is 6.92 Å². The Kier molecular flexibility index (Phi) is 250. The first kappa shape index (κ1) is 37.4. The summed E-state index contributed by atoms with van der Waals surface area (Å²) >= 11 is 0. The van der Waals surface area contributed by atoms with E-state index in [9.17, 15) is 0 Å².